The third kappa shape index (κ3) is 3.02. The van der Waals surface area contributed by atoms with Gasteiger partial charge in [-0.1, -0.05) is 49.7 Å². The zero-order chi connectivity index (χ0) is 18.7. The number of amides is 1. The maximum absolute atomic E-state index is 13.4. The number of carboxylic acid groups (broad SMARTS) is 1. The highest BCUT2D eigenvalue weighted by Crippen LogP contribution is 2.46. The third-order valence-electron chi connectivity index (χ3n) is 4.61. The Balaban J connectivity index is 2.26. The van der Waals surface area contributed by atoms with E-state index in [0.29, 0.717) is 23.4 Å². The van der Waals surface area contributed by atoms with E-state index in [2.05, 4.69) is 0 Å². The summed E-state index contributed by atoms with van der Waals surface area (Å²) in [5.74, 6) is -1.71. The van der Waals surface area contributed by atoms with Crippen LogP contribution in [0.3, 0.4) is 0 Å². The molecule has 5 heteroatoms. The van der Waals surface area contributed by atoms with Crippen LogP contribution in [0.4, 0.5) is 11.4 Å². The van der Waals surface area contributed by atoms with Gasteiger partial charge < -0.3 is 10.2 Å². The van der Waals surface area contributed by atoms with Gasteiger partial charge in [-0.15, -0.1) is 0 Å². The first-order chi connectivity index (χ1) is 12.5. The molecule has 0 saturated carbocycles. The van der Waals surface area contributed by atoms with Crippen LogP contribution in [-0.4, -0.2) is 27.7 Å². The second-order valence-electron chi connectivity index (χ2n) is 6.35. The first-order valence-electron chi connectivity index (χ1n) is 8.65. The summed E-state index contributed by atoms with van der Waals surface area (Å²) in [6, 6.07) is 16.1. The molecule has 1 heterocycles. The number of hydrogen-bond donors (Lipinski definition) is 2. The number of rotatable bonds is 5. The second-order valence-corrected chi connectivity index (χ2v) is 6.35. The van der Waals surface area contributed by atoms with E-state index in [1.807, 2.05) is 25.1 Å². The van der Waals surface area contributed by atoms with Crippen molar-refractivity contribution in [2.45, 2.75) is 31.8 Å². The fourth-order valence-corrected chi connectivity index (χ4v) is 3.36. The van der Waals surface area contributed by atoms with Crippen LogP contribution < -0.4 is 4.90 Å². The van der Waals surface area contributed by atoms with Crippen LogP contribution in [0, 0.1) is 0 Å². The number of carboxylic acids is 1. The largest absolute Gasteiger partial charge is 0.478 e. The molecule has 0 radical (unpaired) electrons. The van der Waals surface area contributed by atoms with Crippen molar-refractivity contribution in [3.8, 4) is 0 Å². The molecule has 1 aliphatic rings. The molecule has 1 aliphatic heterocycles. The lowest BCUT2D eigenvalue weighted by Gasteiger charge is -2.41. The number of para-hydroxylation sites is 2. The lowest BCUT2D eigenvalue weighted by Crippen LogP contribution is -2.51. The Morgan fingerprint density at radius 3 is 2.42 bits per heavy atom. The Kier molecular flexibility index (Phi) is 4.91. The van der Waals surface area contributed by atoms with Crippen molar-refractivity contribution < 1.29 is 19.8 Å². The molecule has 2 N–H and O–H groups in total. The summed E-state index contributed by atoms with van der Waals surface area (Å²) in [5, 5.41) is 20.6. The van der Waals surface area contributed by atoms with Crippen molar-refractivity contribution in [1.82, 2.24) is 0 Å². The number of nitrogens with zero attached hydrogens (tertiary/aromatic N) is 1. The van der Waals surface area contributed by atoms with E-state index in [1.165, 1.54) is 4.90 Å². The molecule has 2 aromatic rings. The van der Waals surface area contributed by atoms with Gasteiger partial charge >= 0.3 is 5.97 Å². The van der Waals surface area contributed by atoms with Crippen LogP contribution in [0.1, 0.15) is 31.7 Å². The predicted octanol–water partition coefficient (Wildman–Crippen LogP) is 3.75. The van der Waals surface area contributed by atoms with Gasteiger partial charge in [0.2, 0.25) is 0 Å². The molecular formula is C21H21NO4. The average Bonchev–Trinajstić information content (AvgIpc) is 2.65. The smallest absolute Gasteiger partial charge is 0.328 e. The lowest BCUT2D eigenvalue weighted by atomic mass is 9.78. The number of carbonyl (C=O) groups is 2. The Morgan fingerprint density at radius 1 is 1.12 bits per heavy atom. The van der Waals surface area contributed by atoms with Crippen LogP contribution >= 0.6 is 0 Å². The Hall–Kier alpha value is -2.92. The first kappa shape index (κ1) is 17.9. The fourth-order valence-electron chi connectivity index (χ4n) is 3.36. The maximum Gasteiger partial charge on any atom is 0.328 e. The van der Waals surface area contributed by atoms with E-state index in [4.69, 9.17) is 0 Å². The minimum Gasteiger partial charge on any atom is -0.478 e. The van der Waals surface area contributed by atoms with Gasteiger partial charge in [0.15, 0.2) is 5.60 Å². The number of aliphatic hydroxyl groups is 1. The molecular weight excluding hydrogens is 330 g/mol. The molecule has 1 amide bonds. The number of unbranched alkanes of at least 4 members (excludes halogenated alkanes) is 1. The van der Waals surface area contributed by atoms with Crippen LogP contribution in [0.2, 0.25) is 0 Å². The summed E-state index contributed by atoms with van der Waals surface area (Å²) in [7, 11) is 0. The van der Waals surface area contributed by atoms with Gasteiger partial charge in [-0.3, -0.25) is 9.69 Å². The van der Waals surface area contributed by atoms with E-state index in [-0.39, 0.29) is 12.0 Å². The minimum absolute atomic E-state index is 0.145. The number of aliphatic carboxylic acids is 1. The molecule has 0 spiro atoms. The molecule has 3 rings (SSSR count). The minimum atomic E-state index is -1.88. The van der Waals surface area contributed by atoms with Gasteiger partial charge in [0.25, 0.3) is 5.91 Å². The number of carbonyl (C=O) groups excluding carboxylic acids is 1. The fraction of sp³-hybridized carbons (Fsp3) is 0.238. The van der Waals surface area contributed by atoms with Gasteiger partial charge in [0, 0.05) is 22.9 Å². The maximum atomic E-state index is 13.4. The molecule has 0 aliphatic carbocycles. The molecule has 0 aromatic heterocycles. The van der Waals surface area contributed by atoms with Crippen molar-refractivity contribution in [2.75, 3.05) is 4.90 Å². The first-order valence-corrected chi connectivity index (χ1v) is 8.65. The van der Waals surface area contributed by atoms with Gasteiger partial charge in [0.05, 0.1) is 5.69 Å². The SMILES string of the molecule is CCCCC1(O)C(=O)N(c2ccccc2)c2ccccc2/C1=C/C(=O)O. The van der Waals surface area contributed by atoms with Crippen molar-refractivity contribution in [2.24, 2.45) is 0 Å². The van der Waals surface area contributed by atoms with E-state index >= 15 is 0 Å². The number of hydrogen-bond acceptors (Lipinski definition) is 3. The standard InChI is InChI=1S/C21H21NO4/c1-2-3-13-21(26)17(14-19(23)24)16-11-7-8-12-18(16)22(20(21)25)15-9-5-4-6-10-15/h4-12,14,26H,2-3,13H2,1H3,(H,23,24)/b17-14-. The monoisotopic (exact) mass is 351 g/mol. The van der Waals surface area contributed by atoms with Crippen molar-refractivity contribution in [3.05, 3.63) is 66.2 Å². The number of fused-ring (bicyclic) bond motifs is 1. The Morgan fingerprint density at radius 2 is 1.77 bits per heavy atom. The topological polar surface area (TPSA) is 77.8 Å². The van der Waals surface area contributed by atoms with Crippen LogP contribution in [-0.2, 0) is 9.59 Å². The highest BCUT2D eigenvalue weighted by Gasteiger charge is 2.48. The summed E-state index contributed by atoms with van der Waals surface area (Å²) < 4.78 is 0. The van der Waals surface area contributed by atoms with Crippen LogP contribution in [0.25, 0.3) is 5.57 Å². The summed E-state index contributed by atoms with van der Waals surface area (Å²) >= 11 is 0. The molecule has 2 aromatic carbocycles. The zero-order valence-electron chi connectivity index (χ0n) is 14.6. The van der Waals surface area contributed by atoms with Gasteiger partial charge in [-0.05, 0) is 31.0 Å². The molecule has 5 nitrogen and oxygen atoms in total. The van der Waals surface area contributed by atoms with Gasteiger partial charge in [-0.2, -0.15) is 0 Å². The van der Waals surface area contributed by atoms with E-state index in [0.717, 1.165) is 12.5 Å². The number of anilines is 2. The summed E-state index contributed by atoms with van der Waals surface area (Å²) in [6.45, 7) is 1.96. The molecule has 26 heavy (non-hydrogen) atoms. The molecule has 0 bridgehead atoms. The highest BCUT2D eigenvalue weighted by atomic mass is 16.4. The summed E-state index contributed by atoms with van der Waals surface area (Å²) in [5.41, 5.74) is 0.0216. The van der Waals surface area contributed by atoms with Gasteiger partial charge in [0.1, 0.15) is 0 Å². The van der Waals surface area contributed by atoms with Crippen molar-refractivity contribution in [3.63, 3.8) is 0 Å². The molecule has 1 atom stereocenters. The zero-order valence-corrected chi connectivity index (χ0v) is 14.6. The van der Waals surface area contributed by atoms with E-state index in [1.54, 1.807) is 36.4 Å². The van der Waals surface area contributed by atoms with E-state index in [9.17, 15) is 19.8 Å². The third-order valence-corrected chi connectivity index (χ3v) is 4.61. The Labute approximate surface area is 152 Å². The second kappa shape index (κ2) is 7.14. The van der Waals surface area contributed by atoms with Crippen molar-refractivity contribution in [1.29, 1.82) is 0 Å². The Bertz CT molecular complexity index is 859. The van der Waals surface area contributed by atoms with E-state index < -0.39 is 17.5 Å². The lowest BCUT2D eigenvalue weighted by molar-refractivity contribution is -0.132. The van der Waals surface area contributed by atoms with Crippen molar-refractivity contribution >= 4 is 28.8 Å². The molecule has 0 fully saturated rings. The number of benzene rings is 2. The average molecular weight is 351 g/mol. The summed E-state index contributed by atoms with van der Waals surface area (Å²) in [6.07, 6.45) is 2.50. The van der Waals surface area contributed by atoms with Crippen LogP contribution in [0.15, 0.2) is 60.7 Å². The van der Waals surface area contributed by atoms with Crippen LogP contribution in [0.5, 0.6) is 0 Å². The predicted molar refractivity (Wildman–Crippen MR) is 100 cm³/mol. The molecule has 0 saturated heterocycles. The quantitative estimate of drug-likeness (QED) is 0.804. The summed E-state index contributed by atoms with van der Waals surface area (Å²) in [4.78, 5) is 26.2. The molecule has 1 unspecified atom stereocenters. The van der Waals surface area contributed by atoms with Gasteiger partial charge in [-0.25, -0.2) is 4.79 Å². The highest BCUT2D eigenvalue weighted by molar-refractivity contribution is 6.19. The molecule has 134 valence electrons. The normalized spacial score (nSPS) is 20.9.